The van der Waals surface area contributed by atoms with E-state index in [9.17, 15) is 27.2 Å². The zero-order chi connectivity index (χ0) is 45.4. The molecule has 18 heteroatoms. The Morgan fingerprint density at radius 3 is 2.29 bits per heavy atom. The van der Waals surface area contributed by atoms with Crippen molar-refractivity contribution in [3.05, 3.63) is 119 Å². The predicted octanol–water partition coefficient (Wildman–Crippen LogP) is 6.19. The summed E-state index contributed by atoms with van der Waals surface area (Å²) in [5, 5.41) is 2.02. The van der Waals surface area contributed by atoms with E-state index in [-0.39, 0.29) is 36.6 Å². The molecular weight excluding hydrogens is 864 g/mol. The van der Waals surface area contributed by atoms with Crippen LogP contribution in [0, 0.1) is 11.6 Å². The molecule has 1 saturated carbocycles. The number of aromatic amines is 1. The average molecular weight is 912 g/mol. The maximum atomic E-state index is 15.7. The number of hydrogen-bond donors (Lipinski definition) is 3. The lowest BCUT2D eigenvalue weighted by Gasteiger charge is -2.34. The van der Waals surface area contributed by atoms with Gasteiger partial charge in [0, 0.05) is 86.0 Å². The van der Waals surface area contributed by atoms with Gasteiger partial charge in [0.05, 0.1) is 16.5 Å². The smallest absolute Gasteiger partial charge is 0.255 e. The highest BCUT2D eigenvalue weighted by Crippen LogP contribution is 2.34. The van der Waals surface area contributed by atoms with Crippen molar-refractivity contribution in [1.29, 1.82) is 0 Å². The fourth-order valence-corrected chi connectivity index (χ4v) is 10.6. The van der Waals surface area contributed by atoms with Crippen LogP contribution in [0.5, 0.6) is 11.5 Å². The molecule has 0 spiro atoms. The van der Waals surface area contributed by atoms with Crippen LogP contribution < -0.4 is 19.5 Å². The van der Waals surface area contributed by atoms with Gasteiger partial charge in [-0.05, 0) is 91.8 Å². The standard InChI is InChI=1S/C47H48F3N7O7S/c1-28-2-13-41(46(59)53-28)57-27-31-22-34(8-10-36(31)47(57)60)64-21-19-56-16-14-55(15-17-56)18-20-63-33-6-3-29(4-7-33)30-23-37-38(26-52-45(37)51-25-30)44(58)42-39(49)11-12-40(43(42)50)54-65(61,62)35-9-5-32(48)24-35/h3-4,6-8,10-12,22-23,25-26,32,35,41,54H,1-2,5,9,13-21,24,27H2,(H,51,52)(H,53,59)/t32-,35?,41?/m1/s1. The van der Waals surface area contributed by atoms with Gasteiger partial charge in [0.15, 0.2) is 5.82 Å². The first-order valence-electron chi connectivity index (χ1n) is 21.7. The normalized spacial score (nSPS) is 20.6. The summed E-state index contributed by atoms with van der Waals surface area (Å²) in [5.41, 5.74) is 2.28. The molecule has 2 amide bonds. The van der Waals surface area contributed by atoms with Crippen molar-refractivity contribution in [2.24, 2.45) is 0 Å². The van der Waals surface area contributed by atoms with Crippen LogP contribution in [0.3, 0.4) is 0 Å². The van der Waals surface area contributed by atoms with Crippen molar-refractivity contribution in [1.82, 2.24) is 30.0 Å². The first-order valence-corrected chi connectivity index (χ1v) is 23.2. The van der Waals surface area contributed by atoms with E-state index in [1.165, 1.54) is 6.20 Å². The second-order valence-electron chi connectivity index (χ2n) is 16.9. The van der Waals surface area contributed by atoms with E-state index in [0.29, 0.717) is 72.0 Å². The van der Waals surface area contributed by atoms with Crippen LogP contribution in [0.25, 0.3) is 22.2 Å². The van der Waals surface area contributed by atoms with Crippen molar-refractivity contribution in [2.45, 2.75) is 56.1 Å². The summed E-state index contributed by atoms with van der Waals surface area (Å²) in [4.78, 5) is 52.9. The number of anilines is 1. The van der Waals surface area contributed by atoms with Gasteiger partial charge < -0.3 is 24.7 Å². The summed E-state index contributed by atoms with van der Waals surface area (Å²) < 4.78 is 84.5. The van der Waals surface area contributed by atoms with Crippen LogP contribution in [-0.2, 0) is 21.4 Å². The molecule has 3 aliphatic heterocycles. The number of amides is 2. The van der Waals surface area contributed by atoms with Crippen LogP contribution in [0.15, 0.2) is 85.3 Å². The first kappa shape index (κ1) is 44.0. The molecule has 1 aliphatic carbocycles. The van der Waals surface area contributed by atoms with Crippen molar-refractivity contribution in [3.63, 3.8) is 0 Å². The number of halogens is 3. The molecule has 2 saturated heterocycles. The number of fused-ring (bicyclic) bond motifs is 2. The molecule has 4 aliphatic rings. The third-order valence-electron chi connectivity index (χ3n) is 12.7. The SMILES string of the molecule is C=C1CCC(N2Cc3cc(OCCN4CCN(CCOc5ccc(-c6cnc7[nH]cc(C(=O)c8c(F)ccc(NS(=O)(=O)C9CC[C@@H](F)C9)c8F)c7c6)cc5)CC4)ccc3C2=O)C(=O)N1. The molecule has 65 heavy (non-hydrogen) atoms. The van der Waals surface area contributed by atoms with Gasteiger partial charge in [-0.25, -0.2) is 26.6 Å². The Morgan fingerprint density at radius 2 is 1.60 bits per heavy atom. The lowest BCUT2D eigenvalue weighted by molar-refractivity contribution is -0.126. The van der Waals surface area contributed by atoms with E-state index in [1.54, 1.807) is 23.2 Å². The molecule has 2 aromatic heterocycles. The number of ketones is 1. The number of aromatic nitrogens is 2. The molecular formula is C47H48F3N7O7S. The summed E-state index contributed by atoms with van der Waals surface area (Å²) >= 11 is 0. The molecule has 0 radical (unpaired) electrons. The molecule has 340 valence electrons. The fraction of sp³-hybridized carbons (Fsp3) is 0.362. The van der Waals surface area contributed by atoms with Gasteiger partial charge in [0.2, 0.25) is 21.7 Å². The van der Waals surface area contributed by atoms with Gasteiger partial charge in [-0.2, -0.15) is 0 Å². The maximum Gasteiger partial charge on any atom is 0.255 e. The Labute approximate surface area is 373 Å². The Morgan fingerprint density at radius 1 is 0.892 bits per heavy atom. The van der Waals surface area contributed by atoms with Crippen molar-refractivity contribution in [3.8, 4) is 22.6 Å². The Balaban J connectivity index is 0.737. The number of sulfonamides is 1. The number of ether oxygens (including phenoxy) is 2. The number of allylic oxidation sites excluding steroid dienone is 1. The molecule has 9 rings (SSSR count). The van der Waals surface area contributed by atoms with Crippen LogP contribution in [0.2, 0.25) is 0 Å². The molecule has 2 unspecified atom stereocenters. The second-order valence-corrected chi connectivity index (χ2v) is 18.9. The largest absolute Gasteiger partial charge is 0.492 e. The number of H-pyrrole nitrogens is 1. The van der Waals surface area contributed by atoms with E-state index in [1.807, 2.05) is 36.4 Å². The minimum absolute atomic E-state index is 0.0553. The van der Waals surface area contributed by atoms with Crippen LogP contribution in [0.4, 0.5) is 18.9 Å². The number of carbonyl (C=O) groups is 3. The quantitative estimate of drug-likeness (QED) is 0.103. The number of alkyl halides is 1. The number of nitrogens with zero attached hydrogens (tertiary/aromatic N) is 4. The molecule has 3 N–H and O–H groups in total. The lowest BCUT2D eigenvalue weighted by atomic mass is 10.00. The van der Waals surface area contributed by atoms with Gasteiger partial charge in [-0.1, -0.05) is 18.7 Å². The Bertz CT molecular complexity index is 2780. The fourth-order valence-electron chi connectivity index (χ4n) is 9.02. The maximum absolute atomic E-state index is 15.7. The van der Waals surface area contributed by atoms with Crippen LogP contribution in [-0.4, -0.2) is 121 Å². The van der Waals surface area contributed by atoms with Gasteiger partial charge in [0.25, 0.3) is 5.91 Å². The predicted molar refractivity (Wildman–Crippen MR) is 237 cm³/mol. The first-order chi connectivity index (χ1) is 31.3. The number of benzene rings is 3. The zero-order valence-electron chi connectivity index (χ0n) is 35.5. The number of piperazine rings is 1. The Hall–Kier alpha value is -6.24. The van der Waals surface area contributed by atoms with E-state index in [2.05, 4.69) is 36.4 Å². The number of hydrogen-bond acceptors (Lipinski definition) is 10. The number of carbonyl (C=O) groups excluding carboxylic acids is 3. The minimum Gasteiger partial charge on any atom is -0.492 e. The molecule has 3 aromatic carbocycles. The van der Waals surface area contributed by atoms with E-state index >= 15 is 8.78 Å². The topological polar surface area (TPSA) is 166 Å². The van der Waals surface area contributed by atoms with E-state index in [4.69, 9.17) is 9.47 Å². The third kappa shape index (κ3) is 9.33. The molecule has 3 fully saturated rings. The number of pyridine rings is 1. The summed E-state index contributed by atoms with van der Waals surface area (Å²) in [6.45, 7) is 10.2. The number of rotatable bonds is 15. The number of piperidine rings is 1. The lowest BCUT2D eigenvalue weighted by Crippen LogP contribution is -2.49. The van der Waals surface area contributed by atoms with Crippen LogP contribution >= 0.6 is 0 Å². The Kier molecular flexibility index (Phi) is 12.4. The average Bonchev–Trinajstić information content (AvgIpc) is 4.02. The summed E-state index contributed by atoms with van der Waals surface area (Å²) in [6.07, 6.45) is 2.77. The molecule has 0 bridgehead atoms. The minimum atomic E-state index is -4.19. The van der Waals surface area contributed by atoms with Crippen LogP contribution in [0.1, 0.15) is 63.9 Å². The third-order valence-corrected chi connectivity index (χ3v) is 14.5. The van der Waals surface area contributed by atoms with E-state index < -0.39 is 56.2 Å². The van der Waals surface area contributed by atoms with Gasteiger partial charge in [-0.3, -0.25) is 28.9 Å². The summed E-state index contributed by atoms with van der Waals surface area (Å²) in [5.74, 6) is -2.49. The molecule has 5 aromatic rings. The number of nitrogens with one attached hydrogen (secondary N) is 3. The van der Waals surface area contributed by atoms with Crippen molar-refractivity contribution >= 4 is 44.3 Å². The highest BCUT2D eigenvalue weighted by Gasteiger charge is 2.39. The zero-order valence-corrected chi connectivity index (χ0v) is 36.3. The van der Waals surface area contributed by atoms with Gasteiger partial charge in [-0.15, -0.1) is 0 Å². The van der Waals surface area contributed by atoms with Crippen molar-refractivity contribution in [2.75, 3.05) is 57.2 Å². The summed E-state index contributed by atoms with van der Waals surface area (Å²) in [7, 11) is -4.19. The van der Waals surface area contributed by atoms with Gasteiger partial charge >= 0.3 is 0 Å². The molecule has 3 atom stereocenters. The summed E-state index contributed by atoms with van der Waals surface area (Å²) in [6, 6.07) is 15.8. The van der Waals surface area contributed by atoms with Gasteiger partial charge in [0.1, 0.15) is 48.4 Å². The second kappa shape index (κ2) is 18.3. The monoisotopic (exact) mass is 911 g/mol. The van der Waals surface area contributed by atoms with Crippen molar-refractivity contribution < 1.29 is 45.4 Å². The highest BCUT2D eigenvalue weighted by atomic mass is 32.2. The molecule has 5 heterocycles. The molecule has 14 nitrogen and oxygen atoms in total. The highest BCUT2D eigenvalue weighted by molar-refractivity contribution is 7.93. The van der Waals surface area contributed by atoms with E-state index in [0.717, 1.165) is 62.5 Å².